The summed E-state index contributed by atoms with van der Waals surface area (Å²) in [5.74, 6) is 0.142. The van der Waals surface area contributed by atoms with Crippen molar-refractivity contribution in [2.24, 2.45) is 7.05 Å². The highest BCUT2D eigenvalue weighted by molar-refractivity contribution is 7.09. The van der Waals surface area contributed by atoms with Gasteiger partial charge in [0.1, 0.15) is 10.7 Å². The van der Waals surface area contributed by atoms with E-state index in [4.69, 9.17) is 0 Å². The van der Waals surface area contributed by atoms with E-state index < -0.39 is 0 Å². The molecular formula is C17H22N4OS. The van der Waals surface area contributed by atoms with E-state index in [0.717, 1.165) is 61.5 Å². The Morgan fingerprint density at radius 2 is 2.13 bits per heavy atom. The number of carbonyl (C=O) groups is 1. The standard InChI is InChI=1S/C17H22N4OS/c1-20-15(12-6-2-3-7-13(12)19-20)17(22)21-10-5-4-8-14(21)16-18-9-11-23-16/h9,11,14H,2-8,10H2,1H3. The first kappa shape index (κ1) is 14.9. The van der Waals surface area contributed by atoms with Gasteiger partial charge in [-0.1, -0.05) is 0 Å². The van der Waals surface area contributed by atoms with E-state index in [1.54, 1.807) is 11.3 Å². The molecule has 23 heavy (non-hydrogen) atoms. The van der Waals surface area contributed by atoms with Crippen LogP contribution in [0.1, 0.15) is 64.9 Å². The Labute approximate surface area is 140 Å². The molecule has 1 fully saturated rings. The van der Waals surface area contributed by atoms with Crippen molar-refractivity contribution in [3.8, 4) is 0 Å². The Morgan fingerprint density at radius 3 is 2.96 bits per heavy atom. The first-order valence-electron chi connectivity index (χ1n) is 8.51. The molecule has 2 aliphatic rings. The maximum Gasteiger partial charge on any atom is 0.273 e. The number of hydrogen-bond donors (Lipinski definition) is 0. The minimum absolute atomic E-state index is 0.130. The van der Waals surface area contributed by atoms with Crippen molar-refractivity contribution in [3.05, 3.63) is 33.5 Å². The summed E-state index contributed by atoms with van der Waals surface area (Å²) in [6, 6.07) is 0.130. The fourth-order valence-corrected chi connectivity index (χ4v) is 4.70. The van der Waals surface area contributed by atoms with Gasteiger partial charge in [0.05, 0.1) is 11.7 Å². The van der Waals surface area contributed by atoms with Crippen LogP contribution in [0.4, 0.5) is 0 Å². The molecule has 122 valence electrons. The zero-order valence-corrected chi connectivity index (χ0v) is 14.3. The largest absolute Gasteiger partial charge is 0.328 e. The van der Waals surface area contributed by atoms with Crippen molar-refractivity contribution >= 4 is 17.2 Å². The number of likely N-dealkylation sites (tertiary alicyclic amines) is 1. The fourth-order valence-electron chi connectivity index (χ4n) is 3.92. The van der Waals surface area contributed by atoms with Gasteiger partial charge < -0.3 is 4.90 Å². The van der Waals surface area contributed by atoms with Crippen molar-refractivity contribution in [1.29, 1.82) is 0 Å². The number of aryl methyl sites for hydroxylation is 2. The average molecular weight is 330 g/mol. The van der Waals surface area contributed by atoms with Gasteiger partial charge in [-0.2, -0.15) is 5.10 Å². The molecule has 1 aliphatic carbocycles. The van der Waals surface area contributed by atoms with E-state index in [1.807, 2.05) is 28.2 Å². The summed E-state index contributed by atoms with van der Waals surface area (Å²) in [6.45, 7) is 0.822. The quantitative estimate of drug-likeness (QED) is 0.850. The monoisotopic (exact) mass is 330 g/mol. The Bertz CT molecular complexity index is 707. The molecule has 1 unspecified atom stereocenters. The Morgan fingerprint density at radius 1 is 1.26 bits per heavy atom. The first-order chi connectivity index (χ1) is 11.3. The Balaban J connectivity index is 1.69. The van der Waals surface area contributed by atoms with E-state index in [-0.39, 0.29) is 11.9 Å². The third-order valence-corrected chi connectivity index (χ3v) is 5.90. The van der Waals surface area contributed by atoms with Crippen LogP contribution in [0.15, 0.2) is 11.6 Å². The van der Waals surface area contributed by atoms with E-state index in [0.29, 0.717) is 0 Å². The summed E-state index contributed by atoms with van der Waals surface area (Å²) in [4.78, 5) is 19.8. The Hall–Kier alpha value is -1.69. The van der Waals surface area contributed by atoms with E-state index in [9.17, 15) is 4.79 Å². The highest BCUT2D eigenvalue weighted by Crippen LogP contribution is 2.34. The SMILES string of the molecule is Cn1nc2c(c1C(=O)N1CCCCC1c1nccs1)CCCC2. The van der Waals surface area contributed by atoms with Crippen molar-refractivity contribution < 1.29 is 4.79 Å². The molecule has 2 aromatic heterocycles. The number of piperidine rings is 1. The van der Waals surface area contributed by atoms with E-state index >= 15 is 0 Å². The molecule has 2 aromatic rings. The number of amides is 1. The van der Waals surface area contributed by atoms with Gasteiger partial charge in [-0.3, -0.25) is 9.48 Å². The lowest BCUT2D eigenvalue weighted by Gasteiger charge is -2.34. The molecule has 6 heteroatoms. The van der Waals surface area contributed by atoms with Crippen LogP contribution in [0.5, 0.6) is 0 Å². The maximum absolute atomic E-state index is 13.3. The lowest BCUT2D eigenvalue weighted by Crippen LogP contribution is -2.39. The van der Waals surface area contributed by atoms with Crippen molar-refractivity contribution in [1.82, 2.24) is 19.7 Å². The van der Waals surface area contributed by atoms with Crippen LogP contribution in [0.2, 0.25) is 0 Å². The zero-order chi connectivity index (χ0) is 15.8. The van der Waals surface area contributed by atoms with Gasteiger partial charge in [0.15, 0.2) is 0 Å². The van der Waals surface area contributed by atoms with E-state index in [1.165, 1.54) is 12.0 Å². The van der Waals surface area contributed by atoms with Crippen LogP contribution in [0, 0.1) is 0 Å². The number of aromatic nitrogens is 3. The molecular weight excluding hydrogens is 308 g/mol. The van der Waals surface area contributed by atoms with Gasteiger partial charge in [0.2, 0.25) is 0 Å². The molecule has 4 rings (SSSR count). The number of rotatable bonds is 2. The highest BCUT2D eigenvalue weighted by Gasteiger charge is 2.34. The molecule has 0 spiro atoms. The van der Waals surface area contributed by atoms with Crippen molar-refractivity contribution in [3.63, 3.8) is 0 Å². The molecule has 0 N–H and O–H groups in total. The maximum atomic E-state index is 13.3. The normalized spacial score (nSPS) is 21.3. The van der Waals surface area contributed by atoms with Crippen LogP contribution in [-0.4, -0.2) is 32.1 Å². The number of thiazole rings is 1. The van der Waals surface area contributed by atoms with Crippen molar-refractivity contribution in [2.75, 3.05) is 6.54 Å². The summed E-state index contributed by atoms with van der Waals surface area (Å²) in [7, 11) is 1.91. The molecule has 5 nitrogen and oxygen atoms in total. The number of fused-ring (bicyclic) bond motifs is 1. The van der Waals surface area contributed by atoms with Crippen LogP contribution in [0.25, 0.3) is 0 Å². The average Bonchev–Trinajstić information content (AvgIpc) is 3.21. The van der Waals surface area contributed by atoms with Crippen LogP contribution in [-0.2, 0) is 19.9 Å². The van der Waals surface area contributed by atoms with Crippen molar-refractivity contribution in [2.45, 2.75) is 51.0 Å². The summed E-state index contributed by atoms with van der Waals surface area (Å²) < 4.78 is 1.81. The van der Waals surface area contributed by atoms with Gasteiger partial charge in [-0.05, 0) is 44.9 Å². The summed E-state index contributed by atoms with van der Waals surface area (Å²) >= 11 is 1.65. The fraction of sp³-hybridized carbons (Fsp3) is 0.588. The third kappa shape index (κ3) is 2.59. The van der Waals surface area contributed by atoms with Gasteiger partial charge in [0, 0.05) is 30.7 Å². The molecule has 1 atom stereocenters. The second-order valence-corrected chi connectivity index (χ2v) is 7.41. The molecule has 1 saturated heterocycles. The topological polar surface area (TPSA) is 51.0 Å². The molecule has 3 heterocycles. The lowest BCUT2D eigenvalue weighted by atomic mass is 9.94. The van der Waals surface area contributed by atoms with Gasteiger partial charge in [-0.25, -0.2) is 4.98 Å². The minimum atomic E-state index is 0.130. The molecule has 0 radical (unpaired) electrons. The third-order valence-electron chi connectivity index (χ3n) is 5.02. The molecule has 0 bridgehead atoms. The van der Waals surface area contributed by atoms with E-state index in [2.05, 4.69) is 10.1 Å². The second-order valence-electron chi connectivity index (χ2n) is 6.49. The summed E-state index contributed by atoms with van der Waals surface area (Å²) in [5, 5.41) is 7.67. The van der Waals surface area contributed by atoms with Gasteiger partial charge >= 0.3 is 0 Å². The number of carbonyl (C=O) groups excluding carboxylic acids is 1. The first-order valence-corrected chi connectivity index (χ1v) is 9.39. The number of nitrogens with zero attached hydrogens (tertiary/aromatic N) is 4. The zero-order valence-electron chi connectivity index (χ0n) is 13.5. The van der Waals surface area contributed by atoms with Gasteiger partial charge in [0.25, 0.3) is 5.91 Å². The second kappa shape index (κ2) is 6.07. The minimum Gasteiger partial charge on any atom is -0.328 e. The molecule has 0 aromatic carbocycles. The lowest BCUT2D eigenvalue weighted by molar-refractivity contribution is 0.0598. The summed E-state index contributed by atoms with van der Waals surface area (Å²) in [5.41, 5.74) is 3.13. The summed E-state index contributed by atoms with van der Waals surface area (Å²) in [6.07, 6.45) is 9.43. The number of hydrogen-bond acceptors (Lipinski definition) is 4. The highest BCUT2D eigenvalue weighted by atomic mass is 32.1. The molecule has 1 aliphatic heterocycles. The smallest absolute Gasteiger partial charge is 0.273 e. The predicted octanol–water partition coefficient (Wildman–Crippen LogP) is 3.12. The van der Waals surface area contributed by atoms with Crippen LogP contribution < -0.4 is 0 Å². The predicted molar refractivity (Wildman–Crippen MR) is 89.6 cm³/mol. The van der Waals surface area contributed by atoms with Crippen LogP contribution in [0.3, 0.4) is 0 Å². The van der Waals surface area contributed by atoms with Gasteiger partial charge in [-0.15, -0.1) is 11.3 Å². The molecule has 0 saturated carbocycles. The Kier molecular flexibility index (Phi) is 3.93. The molecule has 1 amide bonds. The van der Waals surface area contributed by atoms with Crippen LogP contribution >= 0.6 is 11.3 Å².